The van der Waals surface area contributed by atoms with E-state index in [0.717, 1.165) is 13.8 Å². The molecule has 0 rings (SSSR count). The van der Waals surface area contributed by atoms with Crippen molar-refractivity contribution in [1.82, 2.24) is 16.0 Å². The second-order valence-corrected chi connectivity index (χ2v) is 6.57. The number of hydrogen-bond acceptors (Lipinski definition) is 9. The number of carbonyl (C=O) groups excluding carboxylic acids is 3. The molecule has 0 aliphatic rings. The van der Waals surface area contributed by atoms with Crippen molar-refractivity contribution in [3.05, 3.63) is 0 Å². The van der Waals surface area contributed by atoms with E-state index in [-0.39, 0.29) is 0 Å². The molecule has 0 saturated carbocycles. The number of nitrogens with two attached hydrogens (primary N) is 1. The molecule has 30 heavy (non-hydrogen) atoms. The lowest BCUT2D eigenvalue weighted by molar-refractivity contribution is -0.144. The first-order valence-electron chi connectivity index (χ1n) is 8.90. The fourth-order valence-corrected chi connectivity index (χ4v) is 2.18. The van der Waals surface area contributed by atoms with Crippen LogP contribution in [0.2, 0.25) is 0 Å². The summed E-state index contributed by atoms with van der Waals surface area (Å²) in [7, 11) is 0. The third kappa shape index (κ3) is 9.13. The smallest absolute Gasteiger partial charge is 0.326 e. The highest BCUT2D eigenvalue weighted by Crippen LogP contribution is 2.03. The first-order valence-corrected chi connectivity index (χ1v) is 8.90. The Morgan fingerprint density at radius 1 is 0.833 bits per heavy atom. The molecular weight excluding hydrogens is 408 g/mol. The minimum Gasteiger partial charge on any atom is -0.481 e. The monoisotopic (exact) mass is 436 g/mol. The van der Waals surface area contributed by atoms with Gasteiger partial charge in [-0.1, -0.05) is 0 Å². The van der Waals surface area contributed by atoms with Gasteiger partial charge in [-0.05, 0) is 20.3 Å². The molecule has 0 bridgehead atoms. The number of amides is 3. The van der Waals surface area contributed by atoms with Crippen molar-refractivity contribution >= 4 is 29.7 Å². The highest BCUT2D eigenvalue weighted by molar-refractivity contribution is 5.94. The third-order valence-electron chi connectivity index (χ3n) is 3.92. The maximum Gasteiger partial charge on any atom is 0.326 e. The summed E-state index contributed by atoms with van der Waals surface area (Å²) in [6, 6.07) is -6.26. The largest absolute Gasteiger partial charge is 0.481 e. The van der Waals surface area contributed by atoms with Crippen LogP contribution in [-0.4, -0.2) is 98.2 Å². The molecule has 0 spiro atoms. The zero-order chi connectivity index (χ0) is 23.6. The molecule has 3 amide bonds. The zero-order valence-corrected chi connectivity index (χ0v) is 16.4. The zero-order valence-electron chi connectivity index (χ0n) is 16.4. The van der Waals surface area contributed by atoms with Crippen LogP contribution in [0.15, 0.2) is 0 Å². The summed E-state index contributed by atoms with van der Waals surface area (Å²) >= 11 is 0. The first-order chi connectivity index (χ1) is 13.8. The van der Waals surface area contributed by atoms with Crippen molar-refractivity contribution in [2.24, 2.45) is 5.73 Å². The number of carbonyl (C=O) groups is 5. The number of rotatable bonds is 13. The van der Waals surface area contributed by atoms with Gasteiger partial charge in [-0.25, -0.2) is 4.79 Å². The molecule has 0 radical (unpaired) electrons. The average molecular weight is 436 g/mol. The van der Waals surface area contributed by atoms with Crippen LogP contribution in [0.3, 0.4) is 0 Å². The lowest BCUT2D eigenvalue weighted by Gasteiger charge is -2.27. The summed E-state index contributed by atoms with van der Waals surface area (Å²) in [5.74, 6) is -5.99. The van der Waals surface area contributed by atoms with Gasteiger partial charge in [-0.2, -0.15) is 0 Å². The predicted molar refractivity (Wildman–Crippen MR) is 98.7 cm³/mol. The maximum atomic E-state index is 12.4. The van der Waals surface area contributed by atoms with Crippen molar-refractivity contribution in [3.8, 4) is 0 Å². The highest BCUT2D eigenvalue weighted by Gasteiger charge is 2.34. The Morgan fingerprint density at radius 3 is 1.63 bits per heavy atom. The molecule has 0 aromatic heterocycles. The van der Waals surface area contributed by atoms with Crippen LogP contribution in [0.4, 0.5) is 0 Å². The van der Waals surface area contributed by atoms with E-state index in [1.54, 1.807) is 0 Å². The minimum absolute atomic E-state index is 0.442. The Kier molecular flexibility index (Phi) is 11.5. The third-order valence-corrected chi connectivity index (χ3v) is 3.92. The van der Waals surface area contributed by atoms with Gasteiger partial charge in [-0.3, -0.25) is 19.2 Å². The molecule has 0 aliphatic carbocycles. The van der Waals surface area contributed by atoms with Gasteiger partial charge < -0.3 is 47.2 Å². The van der Waals surface area contributed by atoms with Crippen molar-refractivity contribution in [3.63, 3.8) is 0 Å². The number of hydrogen-bond donors (Lipinski definition) is 9. The second kappa shape index (κ2) is 12.7. The van der Waals surface area contributed by atoms with Crippen LogP contribution in [0.5, 0.6) is 0 Å². The van der Waals surface area contributed by atoms with Gasteiger partial charge in [0.15, 0.2) is 0 Å². The van der Waals surface area contributed by atoms with E-state index < -0.39 is 85.5 Å². The van der Waals surface area contributed by atoms with Crippen LogP contribution in [0.1, 0.15) is 26.7 Å². The van der Waals surface area contributed by atoms with Crippen molar-refractivity contribution in [1.29, 1.82) is 0 Å². The summed E-state index contributed by atoms with van der Waals surface area (Å²) in [5.41, 5.74) is 5.32. The Labute approximate surface area is 171 Å². The molecule has 0 fully saturated rings. The Morgan fingerprint density at radius 2 is 1.27 bits per heavy atom. The van der Waals surface area contributed by atoms with Gasteiger partial charge in [0.25, 0.3) is 0 Å². The van der Waals surface area contributed by atoms with Crippen LogP contribution in [0, 0.1) is 0 Å². The second-order valence-electron chi connectivity index (χ2n) is 6.57. The summed E-state index contributed by atoms with van der Waals surface area (Å²) in [4.78, 5) is 58.3. The van der Waals surface area contributed by atoms with E-state index in [9.17, 15) is 34.2 Å². The fraction of sp³-hybridized carbons (Fsp3) is 0.688. The summed E-state index contributed by atoms with van der Waals surface area (Å²) in [6.07, 6.45) is -3.97. The Bertz CT molecular complexity index is 640. The van der Waals surface area contributed by atoms with Gasteiger partial charge in [-0.15, -0.1) is 0 Å². The SMILES string of the molecule is CC(O)C(NC(=O)C(N)CO)C(=O)NC(C(=O)NC(CCC(=O)O)C(=O)O)C(C)O. The molecule has 0 aliphatic heterocycles. The number of aliphatic hydroxyl groups excluding tert-OH is 3. The number of carboxylic acids is 2. The van der Waals surface area contributed by atoms with E-state index in [4.69, 9.17) is 21.1 Å². The standard InChI is InChI=1S/C16H28N4O10/c1-6(22)11(14(27)18-9(16(29)30)3-4-10(24)25)20-15(28)12(7(2)23)19-13(26)8(17)5-21/h6-9,11-12,21-23H,3-5,17H2,1-2H3,(H,18,27)(H,19,26)(H,20,28)(H,24,25)(H,29,30). The van der Waals surface area contributed by atoms with E-state index in [2.05, 4.69) is 10.6 Å². The number of aliphatic hydroxyl groups is 3. The van der Waals surface area contributed by atoms with Crippen LogP contribution >= 0.6 is 0 Å². The molecule has 14 nitrogen and oxygen atoms in total. The first kappa shape index (κ1) is 27.2. The fourth-order valence-electron chi connectivity index (χ4n) is 2.18. The van der Waals surface area contributed by atoms with Gasteiger partial charge in [0, 0.05) is 6.42 Å². The van der Waals surface area contributed by atoms with Crippen molar-refractivity contribution in [2.75, 3.05) is 6.61 Å². The van der Waals surface area contributed by atoms with E-state index in [0.29, 0.717) is 0 Å². The lowest BCUT2D eigenvalue weighted by atomic mass is 10.1. The van der Waals surface area contributed by atoms with Crippen LogP contribution in [0.25, 0.3) is 0 Å². The molecule has 0 heterocycles. The topological polar surface area (TPSA) is 249 Å². The molecule has 0 aromatic rings. The van der Waals surface area contributed by atoms with Gasteiger partial charge in [0.05, 0.1) is 18.8 Å². The predicted octanol–water partition coefficient (Wildman–Crippen LogP) is -4.53. The molecule has 0 aromatic carbocycles. The summed E-state index contributed by atoms with van der Waals surface area (Å²) in [5, 5.41) is 52.4. The summed E-state index contributed by atoms with van der Waals surface area (Å²) < 4.78 is 0. The van der Waals surface area contributed by atoms with Gasteiger partial charge in [0.1, 0.15) is 24.2 Å². The van der Waals surface area contributed by atoms with E-state index >= 15 is 0 Å². The molecule has 6 unspecified atom stereocenters. The number of nitrogens with one attached hydrogen (secondary N) is 3. The molecule has 10 N–H and O–H groups in total. The Balaban J connectivity index is 5.32. The molecular formula is C16H28N4O10. The number of carboxylic acid groups (broad SMARTS) is 2. The van der Waals surface area contributed by atoms with E-state index in [1.165, 1.54) is 0 Å². The van der Waals surface area contributed by atoms with E-state index in [1.807, 2.05) is 5.32 Å². The molecule has 6 atom stereocenters. The number of aliphatic carboxylic acids is 2. The van der Waals surface area contributed by atoms with Crippen LogP contribution < -0.4 is 21.7 Å². The lowest BCUT2D eigenvalue weighted by Crippen LogP contribution is -2.62. The average Bonchev–Trinajstić information content (AvgIpc) is 2.64. The minimum atomic E-state index is -1.69. The van der Waals surface area contributed by atoms with Crippen molar-refractivity contribution in [2.45, 2.75) is 63.1 Å². The quantitative estimate of drug-likeness (QED) is 0.133. The normalized spacial score (nSPS) is 16.9. The molecule has 0 saturated heterocycles. The maximum absolute atomic E-state index is 12.4. The van der Waals surface area contributed by atoms with Gasteiger partial charge >= 0.3 is 11.9 Å². The van der Waals surface area contributed by atoms with Crippen molar-refractivity contribution < 1.29 is 49.5 Å². The summed E-state index contributed by atoms with van der Waals surface area (Å²) in [6.45, 7) is 1.54. The highest BCUT2D eigenvalue weighted by atomic mass is 16.4. The molecule has 14 heteroatoms. The molecule has 172 valence electrons. The van der Waals surface area contributed by atoms with Gasteiger partial charge in [0.2, 0.25) is 17.7 Å². The Hall–Kier alpha value is -2.81. The van der Waals surface area contributed by atoms with Crippen LogP contribution in [-0.2, 0) is 24.0 Å².